The Bertz CT molecular complexity index is 419. The van der Waals surface area contributed by atoms with E-state index in [-0.39, 0.29) is 6.04 Å². The molecule has 4 heteroatoms. The average molecular weight is 292 g/mol. The smallest absolute Gasteiger partial charge is 0.119 e. The van der Waals surface area contributed by atoms with Crippen LogP contribution in [0.4, 0.5) is 0 Å². The molecule has 21 heavy (non-hydrogen) atoms. The zero-order valence-electron chi connectivity index (χ0n) is 13.3. The second-order valence-electron chi connectivity index (χ2n) is 5.69. The third-order valence-corrected chi connectivity index (χ3v) is 4.07. The number of rotatable bonds is 7. The van der Waals surface area contributed by atoms with Gasteiger partial charge < -0.3 is 15.2 Å². The Morgan fingerprint density at radius 2 is 2.29 bits per heavy atom. The molecule has 1 aliphatic rings. The normalized spacial score (nSPS) is 20.5. The molecule has 0 spiro atoms. The number of benzene rings is 1. The molecule has 0 radical (unpaired) electrons. The third kappa shape index (κ3) is 4.70. The van der Waals surface area contributed by atoms with Crippen LogP contribution in [0, 0.1) is 0 Å². The molecule has 118 valence electrons. The molecule has 1 saturated heterocycles. The fourth-order valence-electron chi connectivity index (χ4n) is 2.95. The Kier molecular flexibility index (Phi) is 6.49. The summed E-state index contributed by atoms with van der Waals surface area (Å²) in [6.45, 7) is 5.10. The van der Waals surface area contributed by atoms with Crippen LogP contribution >= 0.6 is 0 Å². The summed E-state index contributed by atoms with van der Waals surface area (Å²) >= 11 is 0. The largest absolute Gasteiger partial charge is 0.494 e. The van der Waals surface area contributed by atoms with E-state index in [0.29, 0.717) is 19.3 Å². The third-order valence-electron chi connectivity index (χ3n) is 4.07. The number of nitrogens with zero attached hydrogens (tertiary/aromatic N) is 1. The molecule has 4 nitrogen and oxygen atoms in total. The Morgan fingerprint density at radius 1 is 1.43 bits per heavy atom. The Balaban J connectivity index is 2.01. The van der Waals surface area contributed by atoms with Crippen molar-refractivity contribution in [2.75, 3.05) is 33.4 Å². The van der Waals surface area contributed by atoms with Crippen molar-refractivity contribution in [3.05, 3.63) is 29.8 Å². The van der Waals surface area contributed by atoms with Gasteiger partial charge in [-0.15, -0.1) is 0 Å². The molecule has 1 aromatic carbocycles. The molecule has 1 heterocycles. The highest BCUT2D eigenvalue weighted by molar-refractivity contribution is 5.30. The van der Waals surface area contributed by atoms with Crippen LogP contribution in [0.5, 0.6) is 5.75 Å². The van der Waals surface area contributed by atoms with Crippen LogP contribution in [0.1, 0.15) is 37.8 Å². The fourth-order valence-corrected chi connectivity index (χ4v) is 2.95. The average Bonchev–Trinajstić information content (AvgIpc) is 2.50. The molecule has 2 atom stereocenters. The van der Waals surface area contributed by atoms with Crippen LogP contribution in [-0.2, 0) is 4.74 Å². The number of hydrogen-bond donors (Lipinski definition) is 1. The molecule has 2 N–H and O–H groups in total. The van der Waals surface area contributed by atoms with Gasteiger partial charge in [-0.2, -0.15) is 0 Å². The molecule has 1 fully saturated rings. The summed E-state index contributed by atoms with van der Waals surface area (Å²) < 4.78 is 11.4. The van der Waals surface area contributed by atoms with Gasteiger partial charge in [0.2, 0.25) is 0 Å². The topological polar surface area (TPSA) is 47.7 Å². The second-order valence-corrected chi connectivity index (χ2v) is 5.69. The number of ether oxygens (including phenoxy) is 2. The van der Waals surface area contributed by atoms with Crippen molar-refractivity contribution in [2.45, 2.75) is 38.3 Å². The maximum atomic E-state index is 6.01. The van der Waals surface area contributed by atoms with E-state index in [1.54, 1.807) is 0 Å². The van der Waals surface area contributed by atoms with E-state index in [0.717, 1.165) is 25.3 Å². The summed E-state index contributed by atoms with van der Waals surface area (Å²) in [4.78, 5) is 2.31. The van der Waals surface area contributed by atoms with Crippen molar-refractivity contribution in [1.82, 2.24) is 4.90 Å². The zero-order chi connectivity index (χ0) is 15.1. The summed E-state index contributed by atoms with van der Waals surface area (Å²) in [5, 5.41) is 0. The van der Waals surface area contributed by atoms with Gasteiger partial charge in [0, 0.05) is 25.7 Å². The SMILES string of the molecule is CCOc1cccc(C(CN)N(C)CC2CCCCO2)c1. The Hall–Kier alpha value is -1.10. The molecule has 0 bridgehead atoms. The first kappa shape index (κ1) is 16.3. The van der Waals surface area contributed by atoms with Crippen LogP contribution in [0.3, 0.4) is 0 Å². The standard InChI is InChI=1S/C17H28N2O2/c1-3-20-15-9-6-7-14(11-15)17(12-18)19(2)13-16-8-4-5-10-21-16/h6-7,9,11,16-17H,3-5,8,10,12-13,18H2,1-2H3. The lowest BCUT2D eigenvalue weighted by molar-refractivity contribution is -0.00778. The molecule has 1 aliphatic heterocycles. The molecule has 0 amide bonds. The summed E-state index contributed by atoms with van der Waals surface area (Å²) in [5.74, 6) is 0.913. The number of likely N-dealkylation sites (N-methyl/N-ethyl adjacent to an activating group) is 1. The van der Waals surface area contributed by atoms with Crippen LogP contribution in [0.2, 0.25) is 0 Å². The summed E-state index contributed by atoms with van der Waals surface area (Å²) in [5.41, 5.74) is 7.22. The molecular formula is C17H28N2O2. The van der Waals surface area contributed by atoms with E-state index < -0.39 is 0 Å². The molecule has 0 aromatic heterocycles. The molecule has 1 aromatic rings. The van der Waals surface area contributed by atoms with Gasteiger partial charge in [0.15, 0.2) is 0 Å². The first-order chi connectivity index (χ1) is 10.2. The van der Waals surface area contributed by atoms with Gasteiger partial charge in [-0.05, 0) is 50.9 Å². The van der Waals surface area contributed by atoms with Gasteiger partial charge in [0.1, 0.15) is 5.75 Å². The van der Waals surface area contributed by atoms with E-state index in [1.807, 2.05) is 19.1 Å². The van der Waals surface area contributed by atoms with Crippen molar-refractivity contribution in [2.24, 2.45) is 5.73 Å². The lowest BCUT2D eigenvalue weighted by Crippen LogP contribution is -2.38. The minimum absolute atomic E-state index is 0.205. The molecule has 0 saturated carbocycles. The van der Waals surface area contributed by atoms with Gasteiger partial charge in [0.05, 0.1) is 12.7 Å². The van der Waals surface area contributed by atoms with Crippen LogP contribution in [-0.4, -0.2) is 44.4 Å². The van der Waals surface area contributed by atoms with Crippen molar-refractivity contribution < 1.29 is 9.47 Å². The van der Waals surface area contributed by atoms with Crippen LogP contribution in [0.25, 0.3) is 0 Å². The van der Waals surface area contributed by atoms with Gasteiger partial charge in [0.25, 0.3) is 0 Å². The number of nitrogens with two attached hydrogens (primary N) is 1. The van der Waals surface area contributed by atoms with Gasteiger partial charge >= 0.3 is 0 Å². The van der Waals surface area contributed by atoms with E-state index in [9.17, 15) is 0 Å². The monoisotopic (exact) mass is 292 g/mol. The van der Waals surface area contributed by atoms with Crippen molar-refractivity contribution in [1.29, 1.82) is 0 Å². The van der Waals surface area contributed by atoms with E-state index in [4.69, 9.17) is 15.2 Å². The first-order valence-electron chi connectivity index (χ1n) is 7.99. The van der Waals surface area contributed by atoms with Gasteiger partial charge in [-0.3, -0.25) is 4.90 Å². The summed E-state index contributed by atoms with van der Waals surface area (Å²) in [6, 6.07) is 8.45. The predicted molar refractivity (Wildman–Crippen MR) is 85.6 cm³/mol. The predicted octanol–water partition coefficient (Wildman–Crippen LogP) is 2.59. The first-order valence-corrected chi connectivity index (χ1v) is 7.99. The molecule has 2 unspecified atom stereocenters. The highest BCUT2D eigenvalue weighted by Gasteiger charge is 2.21. The fraction of sp³-hybridized carbons (Fsp3) is 0.647. The Morgan fingerprint density at radius 3 is 2.95 bits per heavy atom. The van der Waals surface area contributed by atoms with Gasteiger partial charge in [-0.25, -0.2) is 0 Å². The highest BCUT2D eigenvalue weighted by atomic mass is 16.5. The summed E-state index contributed by atoms with van der Waals surface area (Å²) in [7, 11) is 2.13. The minimum atomic E-state index is 0.205. The van der Waals surface area contributed by atoms with E-state index >= 15 is 0 Å². The number of hydrogen-bond acceptors (Lipinski definition) is 4. The van der Waals surface area contributed by atoms with Crippen molar-refractivity contribution >= 4 is 0 Å². The molecule has 0 aliphatic carbocycles. The quantitative estimate of drug-likeness (QED) is 0.839. The van der Waals surface area contributed by atoms with Crippen LogP contribution < -0.4 is 10.5 Å². The van der Waals surface area contributed by atoms with Gasteiger partial charge in [-0.1, -0.05) is 12.1 Å². The lowest BCUT2D eigenvalue weighted by Gasteiger charge is -2.32. The zero-order valence-corrected chi connectivity index (χ0v) is 13.3. The van der Waals surface area contributed by atoms with E-state index in [1.165, 1.54) is 18.4 Å². The minimum Gasteiger partial charge on any atom is -0.494 e. The Labute approximate surface area is 128 Å². The highest BCUT2D eigenvalue weighted by Crippen LogP contribution is 2.24. The maximum Gasteiger partial charge on any atom is 0.119 e. The van der Waals surface area contributed by atoms with Crippen molar-refractivity contribution in [3.8, 4) is 5.75 Å². The lowest BCUT2D eigenvalue weighted by atomic mass is 10.0. The van der Waals surface area contributed by atoms with Crippen LogP contribution in [0.15, 0.2) is 24.3 Å². The molecular weight excluding hydrogens is 264 g/mol. The summed E-state index contributed by atoms with van der Waals surface area (Å²) in [6.07, 6.45) is 3.95. The molecule has 2 rings (SSSR count). The van der Waals surface area contributed by atoms with E-state index in [2.05, 4.69) is 24.1 Å². The second kappa shape index (κ2) is 8.37. The van der Waals surface area contributed by atoms with Crippen molar-refractivity contribution in [3.63, 3.8) is 0 Å². The maximum absolute atomic E-state index is 6.01.